The number of nitrogens with zero attached hydrogens (tertiary/aromatic N) is 2. The third-order valence-electron chi connectivity index (χ3n) is 14.3. The van der Waals surface area contributed by atoms with E-state index in [9.17, 15) is 84.3 Å². The molecule has 1 aromatic rings. The lowest BCUT2D eigenvalue weighted by Gasteiger charge is -2.34. The van der Waals surface area contributed by atoms with Crippen molar-refractivity contribution < 1.29 is 84.3 Å². The molecule has 16 N–H and O–H groups in total. The number of benzene rings is 1. The van der Waals surface area contributed by atoms with Crippen LogP contribution in [0.4, 0.5) is 0 Å². The number of aliphatic hydroxyl groups excluding tert-OH is 8. The fourth-order valence-corrected chi connectivity index (χ4v) is 9.79. The fourth-order valence-electron chi connectivity index (χ4n) is 9.79. The van der Waals surface area contributed by atoms with Crippen molar-refractivity contribution in [3.63, 3.8) is 0 Å². The second-order valence-corrected chi connectivity index (χ2v) is 20.6. The van der Waals surface area contributed by atoms with Crippen molar-refractivity contribution in [2.24, 2.45) is 17.6 Å². The molecule has 25 nitrogen and oxygen atoms in total. The number of phenolic OH excluding ortho intramolecular Hbond substituents is 1. The maximum atomic E-state index is 14.4. The summed E-state index contributed by atoms with van der Waals surface area (Å²) in [4.78, 5) is 112. The van der Waals surface area contributed by atoms with Crippen LogP contribution in [0.15, 0.2) is 24.3 Å². The van der Waals surface area contributed by atoms with Gasteiger partial charge in [-0.1, -0.05) is 77.8 Å². The van der Waals surface area contributed by atoms with Crippen molar-refractivity contribution in [3.05, 3.63) is 29.8 Å². The van der Waals surface area contributed by atoms with Crippen LogP contribution < -0.4 is 32.3 Å². The maximum Gasteiger partial charge on any atom is 0.248 e. The highest BCUT2D eigenvalue weighted by Crippen LogP contribution is 2.27. The van der Waals surface area contributed by atoms with Crippen LogP contribution in [0.5, 0.6) is 5.75 Å². The monoisotopic (exact) mass is 1060 g/mol. The lowest BCUT2D eigenvalue weighted by atomic mass is 9.91. The van der Waals surface area contributed by atoms with Crippen molar-refractivity contribution in [1.29, 1.82) is 0 Å². The van der Waals surface area contributed by atoms with Crippen molar-refractivity contribution in [3.8, 4) is 5.75 Å². The highest BCUT2D eigenvalue weighted by molar-refractivity contribution is 5.98. The summed E-state index contributed by atoms with van der Waals surface area (Å²) in [6.45, 7) is 6.76. The maximum absolute atomic E-state index is 14.4. The first-order valence-corrected chi connectivity index (χ1v) is 26.0. The summed E-state index contributed by atoms with van der Waals surface area (Å²) in [5.41, 5.74) is 5.21. The molecular formula is C50H80N8O17. The zero-order valence-electron chi connectivity index (χ0n) is 43.1. The van der Waals surface area contributed by atoms with Gasteiger partial charge in [0.15, 0.2) is 6.23 Å². The summed E-state index contributed by atoms with van der Waals surface area (Å²) in [5, 5.41) is 110. The van der Waals surface area contributed by atoms with E-state index >= 15 is 0 Å². The van der Waals surface area contributed by atoms with Gasteiger partial charge in [0.05, 0.1) is 30.8 Å². The molecule has 75 heavy (non-hydrogen) atoms. The molecule has 0 radical (unpaired) electrons. The minimum Gasteiger partial charge on any atom is -0.508 e. The molecular weight excluding hydrogens is 985 g/mol. The topological polar surface area (TPSA) is 411 Å². The van der Waals surface area contributed by atoms with Crippen LogP contribution in [0.3, 0.4) is 0 Å². The number of hydrogen-bond donors (Lipinski definition) is 15. The predicted molar refractivity (Wildman–Crippen MR) is 265 cm³/mol. The second-order valence-electron chi connectivity index (χ2n) is 20.6. The first-order valence-electron chi connectivity index (χ1n) is 26.0. The molecule has 3 fully saturated rings. The molecule has 3 heterocycles. The minimum atomic E-state index is -2.36. The Hall–Kier alpha value is -5.54. The molecule has 422 valence electrons. The second kappa shape index (κ2) is 29.1. The van der Waals surface area contributed by atoms with Crippen molar-refractivity contribution in [2.75, 3.05) is 13.1 Å². The van der Waals surface area contributed by atoms with Gasteiger partial charge in [0.1, 0.15) is 60.3 Å². The van der Waals surface area contributed by atoms with Gasteiger partial charge in [0, 0.05) is 32.4 Å². The number of carbonyl (C=O) groups excluding carboxylic acids is 8. The van der Waals surface area contributed by atoms with Gasteiger partial charge in [-0.05, 0) is 55.7 Å². The Morgan fingerprint density at radius 1 is 0.720 bits per heavy atom. The van der Waals surface area contributed by atoms with E-state index in [0.29, 0.717) is 29.6 Å². The molecule has 25 heteroatoms. The SMILES string of the molecule is CCC(C)CC(C)CCCCCCCCC(=O)NC1CC(O)C(O)NC(=O)C2C(O)CCN2C(=O)C(C(O)CC(N)=O)NC(=O)C(C(O)C(O)c2ccc(O)cc2)NC(=O)C2CC(O)CN2C(=O)C(C(C)O)NC1=O. The molecule has 0 spiro atoms. The van der Waals surface area contributed by atoms with Crippen LogP contribution in [0.2, 0.25) is 0 Å². The number of nitrogens with two attached hydrogens (primary N) is 1. The van der Waals surface area contributed by atoms with E-state index in [1.807, 2.05) is 0 Å². The average Bonchev–Trinajstić information content (AvgIpc) is 3.95. The van der Waals surface area contributed by atoms with E-state index in [2.05, 4.69) is 47.4 Å². The zero-order chi connectivity index (χ0) is 55.8. The van der Waals surface area contributed by atoms with E-state index in [0.717, 1.165) is 74.6 Å². The van der Waals surface area contributed by atoms with Crippen LogP contribution in [-0.2, 0) is 38.4 Å². The standard InChI is InChI=1S/C50H80N8O17/c1-5-25(2)20-26(3)12-10-8-6-7-9-11-13-37(66)52-31-22-35(64)46(71)56-48(73)41-33(62)18-19-57(41)50(75)39(34(63)23-36(51)65)54-47(72)40(43(68)42(67)28-14-16-29(60)17-15-28)55-45(70)32-21-30(61)24-58(32)49(74)38(27(4)59)53-44(31)69/h14-17,25-27,30-35,38-43,46,59-64,67-68,71H,5-13,18-24H2,1-4H3,(H2,51,65)(H,52,66)(H,53,69)(H,54,72)(H,55,70)(H,56,73). The third kappa shape index (κ3) is 17.8. The van der Waals surface area contributed by atoms with Gasteiger partial charge in [-0.3, -0.25) is 38.4 Å². The van der Waals surface area contributed by atoms with Gasteiger partial charge in [0.25, 0.3) is 0 Å². The largest absolute Gasteiger partial charge is 0.508 e. The number of aromatic hydroxyl groups is 1. The third-order valence-corrected chi connectivity index (χ3v) is 14.3. The average molecular weight is 1070 g/mol. The predicted octanol–water partition coefficient (Wildman–Crippen LogP) is -3.34. The molecule has 16 atom stereocenters. The summed E-state index contributed by atoms with van der Waals surface area (Å²) in [7, 11) is 0. The van der Waals surface area contributed by atoms with Crippen LogP contribution in [0.1, 0.15) is 129 Å². The number of fused-ring (bicyclic) bond motifs is 2. The van der Waals surface area contributed by atoms with Crippen molar-refractivity contribution >= 4 is 47.3 Å². The van der Waals surface area contributed by atoms with Gasteiger partial charge in [-0.15, -0.1) is 0 Å². The summed E-state index contributed by atoms with van der Waals surface area (Å²) < 4.78 is 0. The van der Waals surface area contributed by atoms with Crippen LogP contribution in [-0.4, -0.2) is 195 Å². The van der Waals surface area contributed by atoms with Gasteiger partial charge in [-0.25, -0.2) is 0 Å². The molecule has 1 aromatic carbocycles. The van der Waals surface area contributed by atoms with E-state index in [4.69, 9.17) is 5.73 Å². The van der Waals surface area contributed by atoms with Gasteiger partial charge in [0.2, 0.25) is 47.3 Å². The number of carbonyl (C=O) groups is 8. The van der Waals surface area contributed by atoms with Gasteiger partial charge < -0.3 is 88.1 Å². The van der Waals surface area contributed by atoms with Crippen LogP contribution >= 0.6 is 0 Å². The molecule has 8 amide bonds. The fraction of sp³-hybridized carbons (Fsp3) is 0.720. The first-order chi connectivity index (χ1) is 35.3. The van der Waals surface area contributed by atoms with Gasteiger partial charge in [-0.2, -0.15) is 0 Å². The highest BCUT2D eigenvalue weighted by atomic mass is 16.3. The minimum absolute atomic E-state index is 0.0795. The quantitative estimate of drug-likeness (QED) is 0.0568. The number of unbranched alkanes of at least 4 members (excludes halogenated alkanes) is 5. The lowest BCUT2D eigenvalue weighted by Crippen LogP contribution is -2.64. The summed E-state index contributed by atoms with van der Waals surface area (Å²) in [5.74, 6) is -8.59. The Balaban J connectivity index is 1.69. The smallest absolute Gasteiger partial charge is 0.248 e. The van der Waals surface area contributed by atoms with Crippen LogP contribution in [0.25, 0.3) is 0 Å². The number of aliphatic hydroxyl groups is 8. The number of amides is 8. The molecule has 3 aliphatic rings. The Morgan fingerprint density at radius 2 is 1.32 bits per heavy atom. The Labute approximate surface area is 436 Å². The van der Waals surface area contributed by atoms with E-state index in [1.165, 1.54) is 6.42 Å². The number of phenols is 1. The molecule has 0 aromatic heterocycles. The number of hydrogen-bond acceptors (Lipinski definition) is 17. The van der Waals surface area contributed by atoms with Crippen molar-refractivity contribution in [1.82, 2.24) is 36.4 Å². The molecule has 0 bridgehead atoms. The first kappa shape index (κ1) is 62.0. The van der Waals surface area contributed by atoms with E-state index in [-0.39, 0.29) is 24.2 Å². The molecule has 16 unspecified atom stereocenters. The summed E-state index contributed by atoms with van der Waals surface area (Å²) >= 11 is 0. The lowest BCUT2D eigenvalue weighted by molar-refractivity contribution is -0.149. The molecule has 0 saturated carbocycles. The Morgan fingerprint density at radius 3 is 1.95 bits per heavy atom. The molecule has 0 aliphatic carbocycles. The Kier molecular flexibility index (Phi) is 24.1. The number of primary amides is 1. The summed E-state index contributed by atoms with van der Waals surface area (Å²) in [6, 6.07) is -7.37. The highest BCUT2D eigenvalue weighted by Gasteiger charge is 2.49. The number of rotatable bonds is 20. The zero-order valence-corrected chi connectivity index (χ0v) is 43.1. The van der Waals surface area contributed by atoms with E-state index in [1.54, 1.807) is 0 Å². The van der Waals surface area contributed by atoms with Crippen molar-refractivity contribution in [2.45, 2.75) is 203 Å². The normalized spacial score (nSPS) is 29.0. The van der Waals surface area contributed by atoms with Gasteiger partial charge >= 0.3 is 0 Å². The Bertz CT molecular complexity index is 2100. The van der Waals surface area contributed by atoms with E-state index < -0.39 is 165 Å². The molecule has 4 rings (SSSR count). The van der Waals surface area contributed by atoms with Crippen LogP contribution in [0, 0.1) is 11.8 Å². The molecule has 3 aliphatic heterocycles. The summed E-state index contributed by atoms with van der Waals surface area (Å²) in [6.07, 6.45) is -10.2. The number of nitrogens with one attached hydrogen (secondary N) is 5. The molecule has 3 saturated heterocycles.